The Bertz CT molecular complexity index is 753. The van der Waals surface area contributed by atoms with Crippen LogP contribution in [0, 0.1) is 5.82 Å². The van der Waals surface area contributed by atoms with E-state index in [4.69, 9.17) is 0 Å². The van der Waals surface area contributed by atoms with Crippen LogP contribution in [0.15, 0.2) is 18.2 Å². The Labute approximate surface area is 144 Å². The predicted octanol–water partition coefficient (Wildman–Crippen LogP) is 3.46. The molecule has 1 aliphatic rings. The molecule has 0 bridgehead atoms. The average Bonchev–Trinajstić information content (AvgIpc) is 3.12. The van der Waals surface area contributed by atoms with Crippen molar-refractivity contribution < 1.29 is 9.18 Å². The summed E-state index contributed by atoms with van der Waals surface area (Å²) in [5.41, 5.74) is 1.93. The van der Waals surface area contributed by atoms with Crippen LogP contribution in [0.4, 0.5) is 9.18 Å². The van der Waals surface area contributed by atoms with E-state index in [9.17, 15) is 9.18 Å². The third-order valence-corrected chi connectivity index (χ3v) is 5.35. The van der Waals surface area contributed by atoms with E-state index in [1.807, 2.05) is 0 Å². The normalized spacial score (nSPS) is 16.8. The molecule has 1 aliphatic carbocycles. The lowest BCUT2D eigenvalue weighted by atomic mass is 9.98. The number of hydrogen-bond acceptors (Lipinski definition) is 4. The minimum atomic E-state index is -0.246. The van der Waals surface area contributed by atoms with Crippen LogP contribution in [0.1, 0.15) is 54.4 Å². The van der Waals surface area contributed by atoms with Gasteiger partial charge >= 0.3 is 6.03 Å². The molecule has 1 aromatic heterocycles. The maximum Gasteiger partial charge on any atom is 0.315 e. The fourth-order valence-corrected chi connectivity index (χ4v) is 3.57. The molecule has 1 heterocycles. The zero-order valence-electron chi connectivity index (χ0n) is 14.0. The quantitative estimate of drug-likeness (QED) is 0.893. The molecule has 0 fully saturated rings. The van der Waals surface area contributed by atoms with E-state index in [2.05, 4.69) is 41.6 Å². The van der Waals surface area contributed by atoms with Crippen LogP contribution in [-0.2, 0) is 18.4 Å². The van der Waals surface area contributed by atoms with Crippen molar-refractivity contribution in [2.45, 2.75) is 51.6 Å². The summed E-state index contributed by atoms with van der Waals surface area (Å²) in [4.78, 5) is 12.1. The first-order valence-corrected chi connectivity index (χ1v) is 8.80. The number of nitrogens with one attached hydrogen (secondary N) is 2. The van der Waals surface area contributed by atoms with Gasteiger partial charge in [-0.05, 0) is 36.1 Å². The van der Waals surface area contributed by atoms with Gasteiger partial charge in [0.1, 0.15) is 15.8 Å². The number of aromatic nitrogens is 2. The van der Waals surface area contributed by atoms with Crippen molar-refractivity contribution in [3.63, 3.8) is 0 Å². The summed E-state index contributed by atoms with van der Waals surface area (Å²) in [5, 5.41) is 15.8. The summed E-state index contributed by atoms with van der Waals surface area (Å²) in [5.74, 6) is -0.232. The zero-order valence-corrected chi connectivity index (χ0v) is 14.8. The number of carbonyl (C=O) groups is 1. The van der Waals surface area contributed by atoms with Crippen LogP contribution in [0.3, 0.4) is 0 Å². The van der Waals surface area contributed by atoms with E-state index in [0.717, 1.165) is 34.0 Å². The molecule has 2 amide bonds. The van der Waals surface area contributed by atoms with Gasteiger partial charge in [-0.3, -0.25) is 0 Å². The van der Waals surface area contributed by atoms with Crippen LogP contribution >= 0.6 is 11.3 Å². The van der Waals surface area contributed by atoms with E-state index >= 15 is 0 Å². The summed E-state index contributed by atoms with van der Waals surface area (Å²) >= 11 is 1.51. The van der Waals surface area contributed by atoms with Gasteiger partial charge in [0.2, 0.25) is 0 Å². The number of hydrogen-bond donors (Lipinski definition) is 2. The first kappa shape index (κ1) is 16.8. The van der Waals surface area contributed by atoms with Crippen molar-refractivity contribution in [2.24, 2.45) is 0 Å². The van der Waals surface area contributed by atoms with Crippen molar-refractivity contribution in [1.29, 1.82) is 0 Å². The Morgan fingerprint density at radius 3 is 2.88 bits per heavy atom. The molecule has 1 aromatic carbocycles. The number of amides is 2. The van der Waals surface area contributed by atoms with Crippen molar-refractivity contribution in [2.75, 3.05) is 0 Å². The Hall–Kier alpha value is -2.02. The van der Waals surface area contributed by atoms with E-state index in [0.29, 0.717) is 6.54 Å². The third kappa shape index (κ3) is 3.72. The highest BCUT2D eigenvalue weighted by Crippen LogP contribution is 2.31. The van der Waals surface area contributed by atoms with Crippen molar-refractivity contribution >= 4 is 17.4 Å². The van der Waals surface area contributed by atoms with E-state index in [1.165, 1.54) is 17.4 Å². The summed E-state index contributed by atoms with van der Waals surface area (Å²) in [7, 11) is 0. The highest BCUT2D eigenvalue weighted by atomic mass is 32.1. The number of halogens is 1. The van der Waals surface area contributed by atoms with Crippen LogP contribution in [0.25, 0.3) is 0 Å². The maximum atomic E-state index is 13.2. The summed E-state index contributed by atoms with van der Waals surface area (Å²) in [6.45, 7) is 6.59. The standard InChI is InChI=1S/C17H21FN4OS/c1-17(2,3)15-22-21-14(24-15)9-19-16(23)20-13-7-4-10-8-11(18)5-6-12(10)13/h5-6,8,13H,4,7,9H2,1-3H3,(H2,19,20,23)/t13-/m1/s1. The van der Waals surface area contributed by atoms with E-state index in [-0.39, 0.29) is 23.3 Å². The highest BCUT2D eigenvalue weighted by molar-refractivity contribution is 7.11. The monoisotopic (exact) mass is 348 g/mol. The second-order valence-electron chi connectivity index (χ2n) is 7.01. The van der Waals surface area contributed by atoms with Gasteiger partial charge < -0.3 is 10.6 Å². The minimum absolute atomic E-state index is 0.0407. The van der Waals surface area contributed by atoms with Crippen molar-refractivity contribution in [3.05, 3.63) is 45.2 Å². The molecule has 5 nitrogen and oxygen atoms in total. The molecular formula is C17H21FN4OS. The van der Waals surface area contributed by atoms with Gasteiger partial charge in [0, 0.05) is 5.41 Å². The minimum Gasteiger partial charge on any atom is -0.332 e. The molecule has 0 radical (unpaired) electrons. The number of carbonyl (C=O) groups excluding carboxylic acids is 1. The number of rotatable bonds is 3. The van der Waals surface area contributed by atoms with Gasteiger partial charge in [-0.2, -0.15) is 0 Å². The summed E-state index contributed by atoms with van der Waals surface area (Å²) < 4.78 is 13.2. The van der Waals surface area contributed by atoms with Gasteiger partial charge in [-0.25, -0.2) is 9.18 Å². The van der Waals surface area contributed by atoms with Crippen LogP contribution in [-0.4, -0.2) is 16.2 Å². The lowest BCUT2D eigenvalue weighted by Crippen LogP contribution is -2.36. The predicted molar refractivity (Wildman–Crippen MR) is 91.4 cm³/mol. The van der Waals surface area contributed by atoms with Crippen LogP contribution in [0.5, 0.6) is 0 Å². The summed E-state index contributed by atoms with van der Waals surface area (Å²) in [6.07, 6.45) is 1.57. The molecule has 0 spiro atoms. The lowest BCUT2D eigenvalue weighted by Gasteiger charge is -2.14. The molecular weight excluding hydrogens is 327 g/mol. The number of urea groups is 1. The Morgan fingerprint density at radius 1 is 1.38 bits per heavy atom. The van der Waals surface area contributed by atoms with Gasteiger partial charge in [0.05, 0.1) is 12.6 Å². The molecule has 1 atom stereocenters. The molecule has 24 heavy (non-hydrogen) atoms. The number of benzene rings is 1. The zero-order chi connectivity index (χ0) is 17.3. The largest absolute Gasteiger partial charge is 0.332 e. The van der Waals surface area contributed by atoms with Gasteiger partial charge in [-0.15, -0.1) is 10.2 Å². The number of aryl methyl sites for hydroxylation is 1. The molecule has 2 aromatic rings. The van der Waals surface area contributed by atoms with Gasteiger partial charge in [-0.1, -0.05) is 38.2 Å². The first-order chi connectivity index (χ1) is 11.3. The van der Waals surface area contributed by atoms with E-state index < -0.39 is 0 Å². The maximum absolute atomic E-state index is 13.2. The van der Waals surface area contributed by atoms with Crippen LogP contribution in [0.2, 0.25) is 0 Å². The van der Waals surface area contributed by atoms with Gasteiger partial charge in [0.25, 0.3) is 0 Å². The average molecular weight is 348 g/mol. The lowest BCUT2D eigenvalue weighted by molar-refractivity contribution is 0.236. The molecule has 7 heteroatoms. The molecule has 0 saturated carbocycles. The molecule has 3 rings (SSSR count). The van der Waals surface area contributed by atoms with E-state index in [1.54, 1.807) is 12.1 Å². The van der Waals surface area contributed by atoms with Crippen LogP contribution < -0.4 is 10.6 Å². The Kier molecular flexibility index (Phi) is 4.54. The second-order valence-corrected chi connectivity index (χ2v) is 8.07. The molecule has 128 valence electrons. The SMILES string of the molecule is CC(C)(C)c1nnc(CNC(=O)N[C@@H]2CCc3cc(F)ccc32)s1. The van der Waals surface area contributed by atoms with Crippen molar-refractivity contribution in [1.82, 2.24) is 20.8 Å². The highest BCUT2D eigenvalue weighted by Gasteiger charge is 2.24. The second kappa shape index (κ2) is 6.47. The first-order valence-electron chi connectivity index (χ1n) is 7.98. The van der Waals surface area contributed by atoms with Crippen molar-refractivity contribution in [3.8, 4) is 0 Å². The molecule has 0 saturated heterocycles. The number of nitrogens with zero attached hydrogens (tertiary/aromatic N) is 2. The molecule has 0 unspecified atom stereocenters. The Balaban J connectivity index is 1.55. The van der Waals surface area contributed by atoms with Gasteiger partial charge in [0.15, 0.2) is 0 Å². The fraction of sp³-hybridized carbons (Fsp3) is 0.471. The molecule has 0 aliphatic heterocycles. The fourth-order valence-electron chi connectivity index (χ4n) is 2.73. The molecule has 2 N–H and O–H groups in total. The number of fused-ring (bicyclic) bond motifs is 1. The third-order valence-electron chi connectivity index (χ3n) is 4.00. The smallest absolute Gasteiger partial charge is 0.315 e. The Morgan fingerprint density at radius 2 is 2.17 bits per heavy atom. The topological polar surface area (TPSA) is 66.9 Å². The summed E-state index contributed by atoms with van der Waals surface area (Å²) in [6, 6.07) is 4.42.